The Balaban J connectivity index is 2.32. The lowest BCUT2D eigenvalue weighted by Crippen LogP contribution is -2.59. The second-order valence-electron chi connectivity index (χ2n) is 4.42. The Morgan fingerprint density at radius 2 is 2.39 bits per heavy atom. The molecule has 1 amide bonds. The molecule has 1 saturated heterocycles. The Labute approximate surface area is 115 Å². The summed E-state index contributed by atoms with van der Waals surface area (Å²) in [7, 11) is 0. The Kier molecular flexibility index (Phi) is 3.87. The number of nitriles is 1. The Bertz CT molecular complexity index is 497. The average molecular weight is 308 g/mol. The van der Waals surface area contributed by atoms with Gasteiger partial charge in [0.05, 0.1) is 12.5 Å². The van der Waals surface area contributed by atoms with Gasteiger partial charge in [-0.25, -0.2) is 0 Å². The van der Waals surface area contributed by atoms with Crippen molar-refractivity contribution in [2.24, 2.45) is 0 Å². The van der Waals surface area contributed by atoms with E-state index < -0.39 is 6.04 Å². The molecule has 0 radical (unpaired) electrons. The van der Waals surface area contributed by atoms with Gasteiger partial charge in [-0.3, -0.25) is 4.79 Å². The van der Waals surface area contributed by atoms with Crippen LogP contribution >= 0.6 is 15.9 Å². The second-order valence-corrected chi connectivity index (χ2v) is 5.34. The van der Waals surface area contributed by atoms with E-state index in [-0.39, 0.29) is 18.4 Å². The summed E-state index contributed by atoms with van der Waals surface area (Å²) >= 11 is 3.43. The van der Waals surface area contributed by atoms with Crippen molar-refractivity contribution in [1.29, 1.82) is 5.26 Å². The van der Waals surface area contributed by atoms with E-state index in [4.69, 9.17) is 5.26 Å². The third-order valence-electron chi connectivity index (χ3n) is 2.96. The minimum absolute atomic E-state index is 0.0738. The van der Waals surface area contributed by atoms with Crippen molar-refractivity contribution in [3.8, 4) is 6.07 Å². The molecule has 0 spiro atoms. The number of hydrogen-bond acceptors (Lipinski definition) is 3. The maximum absolute atomic E-state index is 11.9. The zero-order valence-electron chi connectivity index (χ0n) is 10.1. The van der Waals surface area contributed by atoms with Crippen LogP contribution in [0.2, 0.25) is 0 Å². The zero-order chi connectivity index (χ0) is 13.1. The fourth-order valence-electron chi connectivity index (χ4n) is 2.18. The number of amides is 1. The maximum atomic E-state index is 11.9. The SMILES string of the molecule is CC1CN(c2cccc(Br)c2)C(CC#N)C(=O)N1. The topological polar surface area (TPSA) is 56.1 Å². The molecule has 2 rings (SSSR count). The van der Waals surface area contributed by atoms with Gasteiger partial charge in [0.25, 0.3) is 0 Å². The van der Waals surface area contributed by atoms with Gasteiger partial charge in [-0.1, -0.05) is 22.0 Å². The van der Waals surface area contributed by atoms with Crippen LogP contribution in [0, 0.1) is 11.3 Å². The molecule has 2 unspecified atom stereocenters. The summed E-state index contributed by atoms with van der Waals surface area (Å²) in [6.07, 6.45) is 0.199. The predicted molar refractivity (Wildman–Crippen MR) is 73.1 cm³/mol. The Hall–Kier alpha value is -1.54. The van der Waals surface area contributed by atoms with Crippen molar-refractivity contribution in [3.05, 3.63) is 28.7 Å². The Morgan fingerprint density at radius 3 is 3.06 bits per heavy atom. The summed E-state index contributed by atoms with van der Waals surface area (Å²) in [5.41, 5.74) is 0.964. The summed E-state index contributed by atoms with van der Waals surface area (Å²) < 4.78 is 0.967. The number of rotatable bonds is 2. The number of piperazine rings is 1. The van der Waals surface area contributed by atoms with Crippen molar-refractivity contribution in [1.82, 2.24) is 5.32 Å². The number of anilines is 1. The first-order valence-corrected chi connectivity index (χ1v) is 6.60. The van der Waals surface area contributed by atoms with Crippen LogP contribution in [-0.4, -0.2) is 24.5 Å². The fourth-order valence-corrected chi connectivity index (χ4v) is 2.57. The lowest BCUT2D eigenvalue weighted by Gasteiger charge is -2.39. The number of nitrogens with one attached hydrogen (secondary N) is 1. The minimum Gasteiger partial charge on any atom is -0.357 e. The predicted octanol–water partition coefficient (Wildman–Crippen LogP) is 2.06. The first kappa shape index (κ1) is 12.9. The van der Waals surface area contributed by atoms with Crippen LogP contribution in [0.4, 0.5) is 5.69 Å². The number of carbonyl (C=O) groups excluding carboxylic acids is 1. The van der Waals surface area contributed by atoms with Crippen LogP contribution in [0.15, 0.2) is 28.7 Å². The number of hydrogen-bond donors (Lipinski definition) is 1. The highest BCUT2D eigenvalue weighted by Gasteiger charge is 2.32. The number of halogens is 1. The number of carbonyl (C=O) groups is 1. The smallest absolute Gasteiger partial charge is 0.244 e. The van der Waals surface area contributed by atoms with Gasteiger partial charge in [0.2, 0.25) is 5.91 Å². The van der Waals surface area contributed by atoms with Gasteiger partial charge in [0.15, 0.2) is 0 Å². The monoisotopic (exact) mass is 307 g/mol. The lowest BCUT2D eigenvalue weighted by atomic mass is 10.1. The van der Waals surface area contributed by atoms with Crippen LogP contribution in [0.5, 0.6) is 0 Å². The highest BCUT2D eigenvalue weighted by Crippen LogP contribution is 2.25. The molecule has 5 heteroatoms. The molecule has 1 aromatic rings. The normalized spacial score (nSPS) is 23.4. The van der Waals surface area contributed by atoms with Crippen molar-refractivity contribution < 1.29 is 4.79 Å². The van der Waals surface area contributed by atoms with Crippen molar-refractivity contribution in [2.45, 2.75) is 25.4 Å². The van der Waals surface area contributed by atoms with Gasteiger partial charge in [-0.2, -0.15) is 5.26 Å². The number of benzene rings is 1. The molecule has 0 aliphatic carbocycles. The van der Waals surface area contributed by atoms with Gasteiger partial charge in [-0.15, -0.1) is 0 Å². The van der Waals surface area contributed by atoms with Gasteiger partial charge in [0.1, 0.15) is 6.04 Å². The largest absolute Gasteiger partial charge is 0.357 e. The first-order valence-electron chi connectivity index (χ1n) is 5.81. The molecule has 1 fully saturated rings. The summed E-state index contributed by atoms with van der Waals surface area (Å²) in [6.45, 7) is 2.68. The van der Waals surface area contributed by atoms with Crippen LogP contribution in [0.1, 0.15) is 13.3 Å². The minimum atomic E-state index is -0.402. The van der Waals surface area contributed by atoms with Crippen LogP contribution in [0.25, 0.3) is 0 Å². The van der Waals surface area contributed by atoms with E-state index >= 15 is 0 Å². The quantitative estimate of drug-likeness (QED) is 0.910. The van der Waals surface area contributed by atoms with E-state index in [9.17, 15) is 4.79 Å². The first-order chi connectivity index (χ1) is 8.61. The molecular weight excluding hydrogens is 294 g/mol. The molecule has 2 atom stereocenters. The number of nitrogens with zero attached hydrogens (tertiary/aromatic N) is 2. The molecule has 0 bridgehead atoms. The van der Waals surface area contributed by atoms with Gasteiger partial charge < -0.3 is 10.2 Å². The van der Waals surface area contributed by atoms with Gasteiger partial charge >= 0.3 is 0 Å². The van der Waals surface area contributed by atoms with Gasteiger partial charge in [0, 0.05) is 22.7 Å². The summed E-state index contributed by atoms with van der Waals surface area (Å²) in [4.78, 5) is 13.9. The second kappa shape index (κ2) is 5.40. The molecule has 1 aliphatic heterocycles. The van der Waals surface area contributed by atoms with E-state index in [1.54, 1.807) is 0 Å². The fraction of sp³-hybridized carbons (Fsp3) is 0.385. The van der Waals surface area contributed by atoms with E-state index in [0.29, 0.717) is 6.54 Å². The maximum Gasteiger partial charge on any atom is 0.244 e. The standard InChI is InChI=1S/C13H14BrN3O/c1-9-8-17(11-4-2-3-10(14)7-11)12(5-6-15)13(18)16-9/h2-4,7,9,12H,5,8H2,1H3,(H,16,18). The van der Waals surface area contributed by atoms with Crippen LogP contribution in [-0.2, 0) is 4.79 Å². The molecule has 0 saturated carbocycles. The van der Waals surface area contributed by atoms with Crippen molar-refractivity contribution >= 4 is 27.5 Å². The molecule has 1 heterocycles. The highest BCUT2D eigenvalue weighted by atomic mass is 79.9. The molecule has 18 heavy (non-hydrogen) atoms. The average Bonchev–Trinajstić information content (AvgIpc) is 2.32. The molecule has 4 nitrogen and oxygen atoms in total. The van der Waals surface area contributed by atoms with E-state index in [2.05, 4.69) is 27.3 Å². The summed E-state index contributed by atoms with van der Waals surface area (Å²) in [5, 5.41) is 11.7. The highest BCUT2D eigenvalue weighted by molar-refractivity contribution is 9.10. The molecule has 94 valence electrons. The molecular formula is C13H14BrN3O. The Morgan fingerprint density at radius 1 is 1.61 bits per heavy atom. The van der Waals surface area contributed by atoms with E-state index in [0.717, 1.165) is 10.2 Å². The lowest BCUT2D eigenvalue weighted by molar-refractivity contribution is -0.124. The molecule has 1 aromatic carbocycles. The summed E-state index contributed by atoms with van der Waals surface area (Å²) in [6, 6.07) is 9.57. The van der Waals surface area contributed by atoms with Crippen LogP contribution in [0.3, 0.4) is 0 Å². The van der Waals surface area contributed by atoms with Gasteiger partial charge in [-0.05, 0) is 25.1 Å². The van der Waals surface area contributed by atoms with Crippen LogP contribution < -0.4 is 10.2 Å². The third kappa shape index (κ3) is 2.65. The zero-order valence-corrected chi connectivity index (χ0v) is 11.6. The van der Waals surface area contributed by atoms with E-state index in [1.165, 1.54) is 0 Å². The molecule has 1 aliphatic rings. The van der Waals surface area contributed by atoms with E-state index in [1.807, 2.05) is 36.1 Å². The third-order valence-corrected chi connectivity index (χ3v) is 3.46. The molecule has 1 N–H and O–H groups in total. The van der Waals surface area contributed by atoms with Crippen molar-refractivity contribution in [3.63, 3.8) is 0 Å². The van der Waals surface area contributed by atoms with Crippen molar-refractivity contribution in [2.75, 3.05) is 11.4 Å². The molecule has 0 aromatic heterocycles. The summed E-state index contributed by atoms with van der Waals surface area (Å²) in [5.74, 6) is -0.0738.